The molecular weight excluding hydrogens is 236 g/mol. The average molecular weight is 254 g/mol. The molecule has 5 heteroatoms. The molecule has 1 rings (SSSR count). The Morgan fingerprint density at radius 3 is 1.94 bits per heavy atom. The van der Waals surface area contributed by atoms with Crippen LogP contribution in [0.25, 0.3) is 0 Å². The smallest absolute Gasteiger partial charge is 0.339 e. The summed E-state index contributed by atoms with van der Waals surface area (Å²) in [4.78, 5) is 11.2. The van der Waals surface area contributed by atoms with Crippen LogP contribution >= 0.6 is 0 Å². The summed E-state index contributed by atoms with van der Waals surface area (Å²) in [5.74, 6) is -0.0271. The van der Waals surface area contributed by atoms with Crippen molar-refractivity contribution in [2.24, 2.45) is 0 Å². The molecule has 18 heavy (non-hydrogen) atoms. The number of hydrogen-bond donors (Lipinski definition) is 1. The molecule has 0 heterocycles. The zero-order chi connectivity index (χ0) is 13.9. The first-order chi connectivity index (χ1) is 8.28. The molecule has 0 fully saturated rings. The van der Waals surface area contributed by atoms with E-state index in [1.165, 1.54) is 26.4 Å². The lowest BCUT2D eigenvalue weighted by Crippen LogP contribution is -2.24. The fraction of sp³-hybridized carbons (Fsp3) is 0.462. The van der Waals surface area contributed by atoms with Crippen LogP contribution in [0.4, 0.5) is 0 Å². The number of carbonyl (C=O) groups is 1. The fourth-order valence-electron chi connectivity index (χ4n) is 1.44. The van der Waals surface area contributed by atoms with E-state index in [1.54, 1.807) is 0 Å². The van der Waals surface area contributed by atoms with Crippen LogP contribution in [0.2, 0.25) is 0 Å². The summed E-state index contributed by atoms with van der Waals surface area (Å²) in [6.45, 7) is 5.53. The molecule has 1 aromatic carbocycles. The number of rotatable bonds is 4. The molecule has 0 bridgehead atoms. The molecule has 0 amide bonds. The van der Waals surface area contributed by atoms with Gasteiger partial charge in [0.15, 0.2) is 11.5 Å². The van der Waals surface area contributed by atoms with Gasteiger partial charge in [-0.25, -0.2) is 4.79 Å². The molecular formula is C13H18O5. The molecule has 5 nitrogen and oxygen atoms in total. The van der Waals surface area contributed by atoms with Gasteiger partial charge in [0.05, 0.1) is 14.2 Å². The maximum absolute atomic E-state index is 11.2. The molecule has 1 N–H and O–H groups in total. The molecule has 0 aliphatic heterocycles. The zero-order valence-electron chi connectivity index (χ0n) is 11.2. The van der Waals surface area contributed by atoms with E-state index in [-0.39, 0.29) is 11.3 Å². The van der Waals surface area contributed by atoms with Gasteiger partial charge in [-0.1, -0.05) is 0 Å². The highest BCUT2D eigenvalue weighted by Crippen LogP contribution is 2.36. The number of hydrogen-bond acceptors (Lipinski definition) is 4. The van der Waals surface area contributed by atoms with Crippen LogP contribution in [-0.2, 0) is 0 Å². The predicted molar refractivity (Wildman–Crippen MR) is 66.9 cm³/mol. The number of benzene rings is 1. The minimum Gasteiger partial charge on any atom is -0.493 e. The van der Waals surface area contributed by atoms with Crippen molar-refractivity contribution in [3.8, 4) is 17.2 Å². The molecule has 0 unspecified atom stereocenters. The third kappa shape index (κ3) is 3.29. The zero-order valence-corrected chi connectivity index (χ0v) is 11.2. The van der Waals surface area contributed by atoms with E-state index in [4.69, 9.17) is 19.3 Å². The van der Waals surface area contributed by atoms with Crippen LogP contribution in [-0.4, -0.2) is 30.9 Å². The summed E-state index contributed by atoms with van der Waals surface area (Å²) < 4.78 is 15.8. The maximum Gasteiger partial charge on any atom is 0.339 e. The second-order valence-electron chi connectivity index (χ2n) is 4.72. The lowest BCUT2D eigenvalue weighted by Gasteiger charge is -2.23. The Kier molecular flexibility index (Phi) is 4.06. The van der Waals surface area contributed by atoms with E-state index in [1.807, 2.05) is 20.8 Å². The molecule has 0 radical (unpaired) electrons. The Labute approximate surface area is 106 Å². The van der Waals surface area contributed by atoms with Crippen LogP contribution in [0.3, 0.4) is 0 Å². The average Bonchev–Trinajstić information content (AvgIpc) is 2.25. The molecule has 0 saturated heterocycles. The van der Waals surface area contributed by atoms with Crippen molar-refractivity contribution < 1.29 is 24.1 Å². The molecule has 0 spiro atoms. The first-order valence-electron chi connectivity index (χ1n) is 5.47. The lowest BCUT2D eigenvalue weighted by atomic mass is 10.1. The van der Waals surface area contributed by atoms with Crippen LogP contribution in [0, 0.1) is 0 Å². The van der Waals surface area contributed by atoms with E-state index >= 15 is 0 Å². The summed E-state index contributed by atoms with van der Waals surface area (Å²) in [6.07, 6.45) is 0. The number of ether oxygens (including phenoxy) is 3. The minimum absolute atomic E-state index is 0.0441. The summed E-state index contributed by atoms with van der Waals surface area (Å²) in [6, 6.07) is 2.91. The molecule has 0 atom stereocenters. The van der Waals surface area contributed by atoms with Gasteiger partial charge in [0.1, 0.15) is 16.9 Å². The van der Waals surface area contributed by atoms with Gasteiger partial charge in [0.25, 0.3) is 0 Å². The topological polar surface area (TPSA) is 65.0 Å². The van der Waals surface area contributed by atoms with Gasteiger partial charge < -0.3 is 19.3 Å². The highest BCUT2D eigenvalue weighted by atomic mass is 16.5. The third-order valence-corrected chi connectivity index (χ3v) is 2.13. The van der Waals surface area contributed by atoms with Crippen molar-refractivity contribution in [3.05, 3.63) is 17.7 Å². The van der Waals surface area contributed by atoms with Crippen molar-refractivity contribution in [1.82, 2.24) is 0 Å². The van der Waals surface area contributed by atoms with E-state index in [0.29, 0.717) is 11.5 Å². The van der Waals surface area contributed by atoms with Gasteiger partial charge in [-0.05, 0) is 20.8 Å². The number of aromatic carboxylic acids is 1. The van der Waals surface area contributed by atoms with Crippen LogP contribution < -0.4 is 14.2 Å². The predicted octanol–water partition coefficient (Wildman–Crippen LogP) is 2.58. The highest BCUT2D eigenvalue weighted by Gasteiger charge is 2.21. The number of carboxylic acids is 1. The van der Waals surface area contributed by atoms with Gasteiger partial charge in [0, 0.05) is 12.1 Å². The number of methoxy groups -OCH3 is 2. The SMILES string of the molecule is COc1cc(OC(C)(C)C)c(C(=O)O)cc1OC. The summed E-state index contributed by atoms with van der Waals surface area (Å²) in [5, 5.41) is 9.17. The molecule has 0 aliphatic rings. The first-order valence-corrected chi connectivity index (χ1v) is 5.47. The van der Waals surface area contributed by atoms with Gasteiger partial charge in [0.2, 0.25) is 0 Å². The summed E-state index contributed by atoms with van der Waals surface area (Å²) >= 11 is 0. The van der Waals surface area contributed by atoms with E-state index in [2.05, 4.69) is 0 Å². The Morgan fingerprint density at radius 1 is 1.06 bits per heavy atom. The van der Waals surface area contributed by atoms with Gasteiger partial charge >= 0.3 is 5.97 Å². The second kappa shape index (κ2) is 5.16. The summed E-state index contributed by atoms with van der Waals surface area (Å²) in [5.41, 5.74) is -0.452. The van der Waals surface area contributed by atoms with Gasteiger partial charge in [-0.15, -0.1) is 0 Å². The van der Waals surface area contributed by atoms with Gasteiger partial charge in [-0.2, -0.15) is 0 Å². The van der Waals surface area contributed by atoms with Gasteiger partial charge in [-0.3, -0.25) is 0 Å². The molecule has 1 aromatic rings. The van der Waals surface area contributed by atoms with Crippen molar-refractivity contribution in [1.29, 1.82) is 0 Å². The largest absolute Gasteiger partial charge is 0.493 e. The second-order valence-corrected chi connectivity index (χ2v) is 4.72. The number of carboxylic acid groups (broad SMARTS) is 1. The molecule has 100 valence electrons. The van der Waals surface area contributed by atoms with Crippen LogP contribution in [0.5, 0.6) is 17.2 Å². The Morgan fingerprint density at radius 2 is 1.56 bits per heavy atom. The maximum atomic E-state index is 11.2. The van der Waals surface area contributed by atoms with E-state index in [9.17, 15) is 4.79 Å². The van der Waals surface area contributed by atoms with E-state index in [0.717, 1.165) is 0 Å². The standard InChI is InChI=1S/C13H18O5/c1-13(2,3)18-9-7-11(17-5)10(16-4)6-8(9)12(14)15/h6-7H,1-5H3,(H,14,15). The summed E-state index contributed by atoms with van der Waals surface area (Å²) in [7, 11) is 2.94. The monoisotopic (exact) mass is 254 g/mol. The van der Waals surface area contributed by atoms with Crippen molar-refractivity contribution in [2.45, 2.75) is 26.4 Å². The van der Waals surface area contributed by atoms with Crippen molar-refractivity contribution in [3.63, 3.8) is 0 Å². The van der Waals surface area contributed by atoms with E-state index < -0.39 is 11.6 Å². The highest BCUT2D eigenvalue weighted by molar-refractivity contribution is 5.92. The van der Waals surface area contributed by atoms with Crippen molar-refractivity contribution >= 4 is 5.97 Å². The van der Waals surface area contributed by atoms with Crippen molar-refractivity contribution in [2.75, 3.05) is 14.2 Å². The normalized spacial score (nSPS) is 10.9. The Balaban J connectivity index is 3.33. The Hall–Kier alpha value is -1.91. The first kappa shape index (κ1) is 14.2. The fourth-order valence-corrected chi connectivity index (χ4v) is 1.44. The molecule has 0 aromatic heterocycles. The molecule has 0 saturated carbocycles. The minimum atomic E-state index is -1.07. The molecule has 0 aliphatic carbocycles. The third-order valence-electron chi connectivity index (χ3n) is 2.13. The van der Waals surface area contributed by atoms with Crippen LogP contribution in [0.15, 0.2) is 12.1 Å². The van der Waals surface area contributed by atoms with Crippen LogP contribution in [0.1, 0.15) is 31.1 Å². The quantitative estimate of drug-likeness (QED) is 0.894. The Bertz CT molecular complexity index is 445. The lowest BCUT2D eigenvalue weighted by molar-refractivity contribution is 0.0680.